The number of alkyl halides is 1. The first-order valence-electron chi connectivity index (χ1n) is 8.16. The molecule has 114 valence electrons. The highest BCUT2D eigenvalue weighted by molar-refractivity contribution is 9.08. The summed E-state index contributed by atoms with van der Waals surface area (Å²) >= 11 is 3.45. The molecular weight excluding hydrogens is 326 g/mol. The van der Waals surface area contributed by atoms with Crippen molar-refractivity contribution in [1.29, 1.82) is 0 Å². The first-order chi connectivity index (χ1) is 10.2. The number of benzene rings is 1. The number of carbonyl (C=O) groups is 1. The van der Waals surface area contributed by atoms with E-state index in [9.17, 15) is 4.79 Å². The molecule has 3 rings (SSSR count). The summed E-state index contributed by atoms with van der Waals surface area (Å²) in [6.45, 7) is 3.30. The highest BCUT2D eigenvalue weighted by atomic mass is 79.9. The maximum Gasteiger partial charge on any atom is 0.254 e. The maximum atomic E-state index is 12.9. The van der Waals surface area contributed by atoms with E-state index in [4.69, 9.17) is 0 Å². The fourth-order valence-corrected chi connectivity index (χ4v) is 4.44. The SMILES string of the molecule is CC1CCN(C(=O)c2ccc(CBr)cc2)C2CCCCC12. The lowest BCUT2D eigenvalue weighted by molar-refractivity contribution is 0.0218. The molecule has 2 aliphatic rings. The van der Waals surface area contributed by atoms with Crippen molar-refractivity contribution >= 4 is 21.8 Å². The number of piperidine rings is 1. The van der Waals surface area contributed by atoms with Crippen LogP contribution < -0.4 is 0 Å². The Hall–Kier alpha value is -0.830. The van der Waals surface area contributed by atoms with Crippen LogP contribution in [0.1, 0.15) is 54.9 Å². The topological polar surface area (TPSA) is 20.3 Å². The molecular formula is C18H24BrNO. The van der Waals surface area contributed by atoms with Gasteiger partial charge in [-0.15, -0.1) is 0 Å². The zero-order chi connectivity index (χ0) is 14.8. The predicted molar refractivity (Wildman–Crippen MR) is 89.6 cm³/mol. The van der Waals surface area contributed by atoms with E-state index in [0.717, 1.165) is 35.7 Å². The normalized spacial score (nSPS) is 29.0. The zero-order valence-electron chi connectivity index (χ0n) is 12.7. The van der Waals surface area contributed by atoms with Crippen LogP contribution in [0, 0.1) is 11.8 Å². The number of hydrogen-bond acceptors (Lipinski definition) is 1. The molecule has 1 aromatic rings. The van der Waals surface area contributed by atoms with E-state index in [-0.39, 0.29) is 5.91 Å². The first kappa shape index (κ1) is 15.1. The molecule has 0 aromatic heterocycles. The van der Waals surface area contributed by atoms with Crippen molar-refractivity contribution in [2.24, 2.45) is 11.8 Å². The smallest absolute Gasteiger partial charge is 0.254 e. The summed E-state index contributed by atoms with van der Waals surface area (Å²) in [5, 5.41) is 0.841. The molecule has 2 nitrogen and oxygen atoms in total. The molecule has 0 bridgehead atoms. The van der Waals surface area contributed by atoms with Gasteiger partial charge in [0.2, 0.25) is 0 Å². The standard InChI is InChI=1S/C18H24BrNO/c1-13-10-11-20(17-5-3-2-4-16(13)17)18(21)15-8-6-14(12-19)7-9-15/h6-9,13,16-17H,2-5,10-12H2,1H3. The van der Waals surface area contributed by atoms with Crippen molar-refractivity contribution in [3.8, 4) is 0 Å². The summed E-state index contributed by atoms with van der Waals surface area (Å²) in [5.41, 5.74) is 2.06. The molecule has 1 heterocycles. The largest absolute Gasteiger partial charge is 0.335 e. The average molecular weight is 350 g/mol. The molecule has 21 heavy (non-hydrogen) atoms. The Morgan fingerprint density at radius 2 is 1.90 bits per heavy atom. The van der Waals surface area contributed by atoms with E-state index in [1.165, 1.54) is 31.2 Å². The number of fused-ring (bicyclic) bond motifs is 1. The lowest BCUT2D eigenvalue weighted by Gasteiger charge is -2.47. The Labute approximate surface area is 136 Å². The molecule has 1 amide bonds. The van der Waals surface area contributed by atoms with Crippen LogP contribution >= 0.6 is 15.9 Å². The molecule has 2 fully saturated rings. The summed E-state index contributed by atoms with van der Waals surface area (Å²) in [7, 11) is 0. The van der Waals surface area contributed by atoms with Gasteiger partial charge in [0.1, 0.15) is 0 Å². The molecule has 0 radical (unpaired) electrons. The summed E-state index contributed by atoms with van der Waals surface area (Å²) in [4.78, 5) is 15.0. The molecule has 0 N–H and O–H groups in total. The Balaban J connectivity index is 1.79. The van der Waals surface area contributed by atoms with Crippen molar-refractivity contribution in [3.63, 3.8) is 0 Å². The Morgan fingerprint density at radius 1 is 1.19 bits per heavy atom. The molecule has 1 aliphatic heterocycles. The number of carbonyl (C=O) groups excluding carboxylic acids is 1. The molecule has 1 saturated carbocycles. The Bertz CT molecular complexity index is 498. The fourth-order valence-electron chi connectivity index (χ4n) is 4.07. The number of rotatable bonds is 2. The average Bonchev–Trinajstić information content (AvgIpc) is 2.55. The number of halogens is 1. The van der Waals surface area contributed by atoms with E-state index in [0.29, 0.717) is 6.04 Å². The van der Waals surface area contributed by atoms with Crippen molar-refractivity contribution in [3.05, 3.63) is 35.4 Å². The van der Waals surface area contributed by atoms with Crippen LogP contribution in [0.2, 0.25) is 0 Å². The van der Waals surface area contributed by atoms with Gasteiger partial charge >= 0.3 is 0 Å². The van der Waals surface area contributed by atoms with Gasteiger partial charge in [-0.05, 0) is 48.8 Å². The third-order valence-electron chi connectivity index (χ3n) is 5.35. The second-order valence-corrected chi connectivity index (χ2v) is 7.17. The van der Waals surface area contributed by atoms with Gasteiger partial charge in [0.25, 0.3) is 5.91 Å². The molecule has 1 saturated heterocycles. The van der Waals surface area contributed by atoms with Crippen molar-refractivity contribution in [2.45, 2.75) is 50.4 Å². The quantitative estimate of drug-likeness (QED) is 0.713. The van der Waals surface area contributed by atoms with Crippen LogP contribution in [0.3, 0.4) is 0 Å². The van der Waals surface area contributed by atoms with Crippen molar-refractivity contribution in [1.82, 2.24) is 4.90 Å². The molecule has 1 aromatic carbocycles. The summed E-state index contributed by atoms with van der Waals surface area (Å²) in [5.74, 6) is 1.73. The number of amides is 1. The monoisotopic (exact) mass is 349 g/mol. The summed E-state index contributed by atoms with van der Waals surface area (Å²) in [6.07, 6.45) is 6.28. The minimum Gasteiger partial charge on any atom is -0.335 e. The first-order valence-corrected chi connectivity index (χ1v) is 9.28. The Kier molecular flexibility index (Phi) is 4.68. The molecule has 0 spiro atoms. The highest BCUT2D eigenvalue weighted by Crippen LogP contribution is 2.39. The van der Waals surface area contributed by atoms with E-state index in [2.05, 4.69) is 27.8 Å². The van der Waals surface area contributed by atoms with Crippen LogP contribution in [-0.4, -0.2) is 23.4 Å². The highest BCUT2D eigenvalue weighted by Gasteiger charge is 2.39. The van der Waals surface area contributed by atoms with E-state index >= 15 is 0 Å². The fraction of sp³-hybridized carbons (Fsp3) is 0.611. The molecule has 1 aliphatic carbocycles. The zero-order valence-corrected chi connectivity index (χ0v) is 14.3. The van der Waals surface area contributed by atoms with Crippen molar-refractivity contribution < 1.29 is 4.79 Å². The summed E-state index contributed by atoms with van der Waals surface area (Å²) in [6, 6.07) is 8.54. The van der Waals surface area contributed by atoms with Gasteiger partial charge in [0.15, 0.2) is 0 Å². The van der Waals surface area contributed by atoms with Crippen LogP contribution in [0.5, 0.6) is 0 Å². The van der Waals surface area contributed by atoms with Crippen LogP contribution in [0.25, 0.3) is 0 Å². The van der Waals surface area contributed by atoms with E-state index < -0.39 is 0 Å². The van der Waals surface area contributed by atoms with Gasteiger partial charge in [-0.25, -0.2) is 0 Å². The lowest BCUT2D eigenvalue weighted by Crippen LogP contribution is -2.52. The number of likely N-dealkylation sites (tertiary alicyclic amines) is 1. The van der Waals surface area contributed by atoms with Gasteiger partial charge in [-0.3, -0.25) is 4.79 Å². The van der Waals surface area contributed by atoms with Gasteiger partial charge in [-0.2, -0.15) is 0 Å². The maximum absolute atomic E-state index is 12.9. The minimum atomic E-state index is 0.236. The van der Waals surface area contributed by atoms with Gasteiger partial charge in [0, 0.05) is 23.5 Å². The van der Waals surface area contributed by atoms with E-state index in [1.54, 1.807) is 0 Å². The van der Waals surface area contributed by atoms with Crippen LogP contribution in [0.15, 0.2) is 24.3 Å². The third-order valence-corrected chi connectivity index (χ3v) is 6.00. The number of nitrogens with zero attached hydrogens (tertiary/aromatic N) is 1. The van der Waals surface area contributed by atoms with Gasteiger partial charge < -0.3 is 4.90 Å². The Morgan fingerprint density at radius 3 is 2.62 bits per heavy atom. The third kappa shape index (κ3) is 3.03. The number of hydrogen-bond donors (Lipinski definition) is 0. The van der Waals surface area contributed by atoms with Gasteiger partial charge in [0.05, 0.1) is 0 Å². The van der Waals surface area contributed by atoms with Crippen LogP contribution in [-0.2, 0) is 5.33 Å². The molecule has 3 atom stereocenters. The van der Waals surface area contributed by atoms with Gasteiger partial charge in [-0.1, -0.05) is 47.8 Å². The lowest BCUT2D eigenvalue weighted by atomic mass is 9.72. The summed E-state index contributed by atoms with van der Waals surface area (Å²) < 4.78 is 0. The van der Waals surface area contributed by atoms with Crippen LogP contribution in [0.4, 0.5) is 0 Å². The van der Waals surface area contributed by atoms with Crippen molar-refractivity contribution in [2.75, 3.05) is 6.54 Å². The predicted octanol–water partition coefficient (Wildman–Crippen LogP) is 4.62. The van der Waals surface area contributed by atoms with E-state index in [1.807, 2.05) is 24.3 Å². The molecule has 3 unspecified atom stereocenters. The second-order valence-electron chi connectivity index (χ2n) is 6.61. The molecule has 3 heteroatoms. The second kappa shape index (κ2) is 6.51. The minimum absolute atomic E-state index is 0.236.